The molecule has 0 N–H and O–H groups in total. The van der Waals surface area contributed by atoms with Crippen molar-refractivity contribution in [2.45, 2.75) is 45.6 Å². The van der Waals surface area contributed by atoms with Crippen molar-refractivity contribution in [3.05, 3.63) is 35.9 Å². The minimum Gasteiger partial charge on any atom is -0.468 e. The largest absolute Gasteiger partial charge is 0.468 e. The lowest BCUT2D eigenvalue weighted by molar-refractivity contribution is -0.162. The highest BCUT2D eigenvalue weighted by Crippen LogP contribution is 2.41. The monoisotopic (exact) mass is 318 g/mol. The summed E-state index contributed by atoms with van der Waals surface area (Å²) in [5.74, 6) is -0.00395. The van der Waals surface area contributed by atoms with Crippen LogP contribution in [0.1, 0.15) is 44.6 Å². The average Bonchev–Trinajstić information content (AvgIpc) is 2.60. The zero-order valence-electron chi connectivity index (χ0n) is 14.0. The van der Waals surface area contributed by atoms with Gasteiger partial charge in [-0.1, -0.05) is 37.3 Å². The van der Waals surface area contributed by atoms with Gasteiger partial charge in [-0.3, -0.25) is 9.59 Å². The number of hydrogen-bond acceptors (Lipinski definition) is 4. The first-order valence-electron chi connectivity index (χ1n) is 8.35. The van der Waals surface area contributed by atoms with E-state index in [1.807, 2.05) is 37.3 Å². The van der Waals surface area contributed by atoms with Crippen molar-refractivity contribution in [2.75, 3.05) is 13.7 Å². The van der Waals surface area contributed by atoms with Crippen molar-refractivity contribution >= 4 is 11.8 Å². The molecular formula is C19H26O4. The Hall–Kier alpha value is -1.68. The van der Waals surface area contributed by atoms with E-state index in [4.69, 9.17) is 9.47 Å². The number of rotatable bonds is 7. The molecule has 1 aromatic rings. The zero-order chi connectivity index (χ0) is 16.7. The molecule has 2 atom stereocenters. The second-order valence-corrected chi connectivity index (χ2v) is 6.29. The van der Waals surface area contributed by atoms with Gasteiger partial charge in [0.2, 0.25) is 0 Å². The van der Waals surface area contributed by atoms with E-state index in [0.717, 1.165) is 18.4 Å². The summed E-state index contributed by atoms with van der Waals surface area (Å²) in [5.41, 5.74) is 0.223. The van der Waals surface area contributed by atoms with Gasteiger partial charge in [-0.05, 0) is 37.2 Å². The lowest BCUT2D eigenvalue weighted by atomic mass is 9.66. The molecule has 0 aromatic heterocycles. The van der Waals surface area contributed by atoms with Gasteiger partial charge in [0, 0.05) is 13.0 Å². The van der Waals surface area contributed by atoms with Gasteiger partial charge in [0.05, 0.1) is 13.7 Å². The Kier molecular flexibility index (Phi) is 6.34. The van der Waals surface area contributed by atoms with Crippen LogP contribution in [0.4, 0.5) is 0 Å². The molecule has 2 unspecified atom stereocenters. The van der Waals surface area contributed by atoms with Crippen LogP contribution >= 0.6 is 0 Å². The number of carbonyl (C=O) groups excluding carboxylic acids is 2. The van der Waals surface area contributed by atoms with E-state index in [1.54, 1.807) is 0 Å². The van der Waals surface area contributed by atoms with Crippen molar-refractivity contribution in [1.82, 2.24) is 0 Å². The summed E-state index contributed by atoms with van der Waals surface area (Å²) in [6.07, 6.45) is 3.28. The second-order valence-electron chi connectivity index (χ2n) is 6.29. The molecule has 126 valence electrons. The van der Waals surface area contributed by atoms with Gasteiger partial charge in [-0.2, -0.15) is 0 Å². The van der Waals surface area contributed by atoms with Crippen LogP contribution in [0.3, 0.4) is 0 Å². The van der Waals surface area contributed by atoms with Crippen molar-refractivity contribution in [1.29, 1.82) is 0 Å². The Labute approximate surface area is 138 Å². The van der Waals surface area contributed by atoms with Gasteiger partial charge >= 0.3 is 5.97 Å². The number of Topliss-reactive ketones (excluding diaryl/α,β-unsaturated/α-hetero) is 1. The fourth-order valence-corrected chi connectivity index (χ4v) is 3.42. The third-order valence-electron chi connectivity index (χ3n) is 4.91. The smallest absolute Gasteiger partial charge is 0.319 e. The molecule has 1 fully saturated rings. The maximum atomic E-state index is 12.3. The predicted molar refractivity (Wildman–Crippen MR) is 87.8 cm³/mol. The second kappa shape index (κ2) is 8.25. The maximum Gasteiger partial charge on any atom is 0.319 e. The van der Waals surface area contributed by atoms with E-state index >= 15 is 0 Å². The summed E-state index contributed by atoms with van der Waals surface area (Å²) < 4.78 is 10.6. The molecule has 1 aliphatic rings. The van der Waals surface area contributed by atoms with Crippen LogP contribution < -0.4 is 0 Å². The molecule has 0 saturated heterocycles. The van der Waals surface area contributed by atoms with Gasteiger partial charge < -0.3 is 9.47 Å². The standard InChI is InChI=1S/C19H26O4/c1-3-19(18(21)22-2)13-15(9-10-17(19)20)11-12-23-14-16-7-5-4-6-8-16/h4-8,15H,3,9-14H2,1-2H3. The van der Waals surface area contributed by atoms with Gasteiger partial charge in [-0.25, -0.2) is 0 Å². The Morgan fingerprint density at radius 1 is 1.30 bits per heavy atom. The van der Waals surface area contributed by atoms with E-state index in [-0.39, 0.29) is 11.8 Å². The number of ether oxygens (including phenoxy) is 2. The van der Waals surface area contributed by atoms with Crippen molar-refractivity contribution < 1.29 is 19.1 Å². The molecule has 0 heterocycles. The summed E-state index contributed by atoms with van der Waals surface area (Å²) >= 11 is 0. The molecule has 0 radical (unpaired) electrons. The van der Waals surface area contributed by atoms with Gasteiger partial charge in [0.1, 0.15) is 11.2 Å². The SMILES string of the molecule is CCC1(C(=O)OC)CC(CCOCc2ccccc2)CCC1=O. The predicted octanol–water partition coefficient (Wildman–Crippen LogP) is 3.53. The fraction of sp³-hybridized carbons (Fsp3) is 0.579. The zero-order valence-corrected chi connectivity index (χ0v) is 14.0. The van der Waals surface area contributed by atoms with Crippen LogP contribution in [0.25, 0.3) is 0 Å². The third-order valence-corrected chi connectivity index (χ3v) is 4.91. The first kappa shape index (κ1) is 17.7. The van der Waals surface area contributed by atoms with Gasteiger partial charge in [0.15, 0.2) is 0 Å². The lowest BCUT2D eigenvalue weighted by Gasteiger charge is -2.36. The number of hydrogen-bond donors (Lipinski definition) is 0. The van der Waals surface area contributed by atoms with Gasteiger partial charge in [-0.15, -0.1) is 0 Å². The Morgan fingerprint density at radius 3 is 2.70 bits per heavy atom. The highest BCUT2D eigenvalue weighted by molar-refractivity contribution is 6.04. The van der Waals surface area contributed by atoms with E-state index in [9.17, 15) is 9.59 Å². The number of ketones is 1. The molecule has 0 aliphatic heterocycles. The Morgan fingerprint density at radius 2 is 2.04 bits per heavy atom. The van der Waals surface area contributed by atoms with Crippen LogP contribution in [0.5, 0.6) is 0 Å². The van der Waals surface area contributed by atoms with Crippen LogP contribution in [0.2, 0.25) is 0 Å². The molecule has 2 rings (SSSR count). The molecule has 1 aromatic carbocycles. The highest BCUT2D eigenvalue weighted by atomic mass is 16.5. The summed E-state index contributed by atoms with van der Waals surface area (Å²) in [4.78, 5) is 24.4. The molecule has 1 aliphatic carbocycles. The number of carbonyl (C=O) groups is 2. The molecular weight excluding hydrogens is 292 g/mol. The fourth-order valence-electron chi connectivity index (χ4n) is 3.42. The summed E-state index contributed by atoms with van der Waals surface area (Å²) in [6.45, 7) is 3.14. The van der Waals surface area contributed by atoms with Crippen LogP contribution in [-0.4, -0.2) is 25.5 Å². The number of esters is 1. The summed E-state index contributed by atoms with van der Waals surface area (Å²) in [5, 5.41) is 0. The van der Waals surface area contributed by atoms with Gasteiger partial charge in [0.25, 0.3) is 0 Å². The minimum absolute atomic E-state index is 0.0355. The van der Waals surface area contributed by atoms with E-state index < -0.39 is 5.41 Å². The highest BCUT2D eigenvalue weighted by Gasteiger charge is 2.48. The number of benzene rings is 1. The van der Waals surface area contributed by atoms with E-state index in [2.05, 4.69) is 0 Å². The van der Waals surface area contributed by atoms with Crippen molar-refractivity contribution in [3.63, 3.8) is 0 Å². The topological polar surface area (TPSA) is 52.6 Å². The normalized spacial score (nSPS) is 24.4. The quantitative estimate of drug-likeness (QED) is 0.438. The molecule has 1 saturated carbocycles. The minimum atomic E-state index is -0.933. The lowest BCUT2D eigenvalue weighted by Crippen LogP contribution is -2.44. The average molecular weight is 318 g/mol. The molecule has 4 nitrogen and oxygen atoms in total. The number of methoxy groups -OCH3 is 1. The maximum absolute atomic E-state index is 12.3. The van der Waals surface area contributed by atoms with E-state index in [0.29, 0.717) is 38.4 Å². The van der Waals surface area contributed by atoms with Crippen molar-refractivity contribution in [3.8, 4) is 0 Å². The first-order valence-corrected chi connectivity index (χ1v) is 8.35. The molecule has 0 spiro atoms. The first-order chi connectivity index (χ1) is 11.1. The molecule has 0 amide bonds. The Bertz CT molecular complexity index is 515. The molecule has 4 heteroatoms. The summed E-state index contributed by atoms with van der Waals surface area (Å²) in [7, 11) is 1.36. The van der Waals surface area contributed by atoms with E-state index in [1.165, 1.54) is 7.11 Å². The molecule has 23 heavy (non-hydrogen) atoms. The third kappa shape index (κ3) is 4.20. The van der Waals surface area contributed by atoms with Crippen LogP contribution in [0.15, 0.2) is 30.3 Å². The summed E-state index contributed by atoms with van der Waals surface area (Å²) in [6, 6.07) is 10.1. The van der Waals surface area contributed by atoms with Crippen molar-refractivity contribution in [2.24, 2.45) is 11.3 Å². The van der Waals surface area contributed by atoms with Crippen LogP contribution in [0, 0.1) is 11.3 Å². The molecule has 0 bridgehead atoms. The Balaban J connectivity index is 1.84. The van der Waals surface area contributed by atoms with Crippen LogP contribution in [-0.2, 0) is 25.7 Å².